The number of nitrogens with zero attached hydrogens (tertiary/aromatic N) is 2. The minimum absolute atomic E-state index is 0.182. The molecule has 0 saturated heterocycles. The van der Waals surface area contributed by atoms with E-state index in [1.807, 2.05) is 42.5 Å². The van der Waals surface area contributed by atoms with Crippen molar-refractivity contribution in [1.29, 1.82) is 0 Å². The molecule has 0 aliphatic carbocycles. The monoisotopic (exact) mass is 457 g/mol. The number of amides is 1. The molecular formula is C28H31N3O3. The lowest BCUT2D eigenvalue weighted by molar-refractivity contribution is 0.0946. The minimum atomic E-state index is -0.182. The van der Waals surface area contributed by atoms with Gasteiger partial charge in [-0.05, 0) is 68.1 Å². The number of carbonyl (C=O) groups is 1. The first-order chi connectivity index (χ1) is 16.6. The minimum Gasteiger partial charge on any atom is -0.496 e. The lowest BCUT2D eigenvalue weighted by atomic mass is 10.1. The van der Waals surface area contributed by atoms with Crippen LogP contribution in [-0.4, -0.2) is 29.2 Å². The van der Waals surface area contributed by atoms with Gasteiger partial charge in [0.25, 0.3) is 5.91 Å². The molecule has 0 radical (unpaired) electrons. The summed E-state index contributed by atoms with van der Waals surface area (Å²) in [6.07, 6.45) is 1.87. The highest BCUT2D eigenvalue weighted by Crippen LogP contribution is 2.22. The van der Waals surface area contributed by atoms with Gasteiger partial charge in [-0.1, -0.05) is 36.4 Å². The highest BCUT2D eigenvalue weighted by atomic mass is 16.5. The van der Waals surface area contributed by atoms with E-state index in [0.717, 1.165) is 42.0 Å². The number of benzene rings is 3. The van der Waals surface area contributed by atoms with E-state index in [0.29, 0.717) is 24.5 Å². The highest BCUT2D eigenvalue weighted by molar-refractivity contribution is 5.96. The Labute approximate surface area is 200 Å². The number of ether oxygens (including phenoxy) is 2. The molecule has 0 saturated carbocycles. The Hall–Kier alpha value is -3.80. The van der Waals surface area contributed by atoms with Crippen LogP contribution in [0, 0.1) is 13.8 Å². The van der Waals surface area contributed by atoms with Gasteiger partial charge < -0.3 is 19.4 Å². The number of carbonyl (C=O) groups excluding carboxylic acids is 1. The Morgan fingerprint density at radius 2 is 1.71 bits per heavy atom. The molecule has 4 aromatic rings. The normalized spacial score (nSPS) is 10.9. The van der Waals surface area contributed by atoms with Gasteiger partial charge in [-0.2, -0.15) is 0 Å². The maximum atomic E-state index is 12.8. The molecule has 1 N–H and O–H groups in total. The summed E-state index contributed by atoms with van der Waals surface area (Å²) in [5.74, 6) is 2.16. The fraction of sp³-hybridized carbons (Fsp3) is 0.286. The molecule has 0 unspecified atom stereocenters. The first kappa shape index (κ1) is 23.4. The van der Waals surface area contributed by atoms with E-state index < -0.39 is 0 Å². The molecule has 3 aromatic carbocycles. The molecule has 0 fully saturated rings. The average Bonchev–Trinajstić information content (AvgIpc) is 3.22. The van der Waals surface area contributed by atoms with Gasteiger partial charge in [0, 0.05) is 6.54 Å². The highest BCUT2D eigenvalue weighted by Gasteiger charge is 2.15. The van der Waals surface area contributed by atoms with E-state index in [-0.39, 0.29) is 5.91 Å². The van der Waals surface area contributed by atoms with E-state index in [1.54, 1.807) is 19.2 Å². The molecule has 6 nitrogen and oxygen atoms in total. The number of hydrogen-bond acceptors (Lipinski definition) is 4. The van der Waals surface area contributed by atoms with Crippen molar-refractivity contribution < 1.29 is 14.3 Å². The molecule has 0 spiro atoms. The summed E-state index contributed by atoms with van der Waals surface area (Å²) in [6, 6.07) is 21.4. The van der Waals surface area contributed by atoms with Crippen LogP contribution in [-0.2, 0) is 13.1 Å². The van der Waals surface area contributed by atoms with E-state index >= 15 is 0 Å². The van der Waals surface area contributed by atoms with E-state index in [4.69, 9.17) is 14.5 Å². The van der Waals surface area contributed by atoms with Gasteiger partial charge >= 0.3 is 0 Å². The first-order valence-corrected chi connectivity index (χ1v) is 11.6. The lowest BCUT2D eigenvalue weighted by Gasteiger charge is -2.13. The Kier molecular flexibility index (Phi) is 7.48. The van der Waals surface area contributed by atoms with Gasteiger partial charge in [-0.25, -0.2) is 4.98 Å². The summed E-state index contributed by atoms with van der Waals surface area (Å²) >= 11 is 0. The standard InChI is InChI=1S/C28H31N3O3/c1-20-11-10-16-25(21(20)2)34-18-9-8-17-31-24-14-6-5-13-23(24)30-27(31)19-29-28(32)22-12-4-7-15-26(22)33-3/h4-7,10-16H,8-9,17-19H2,1-3H3,(H,29,32). The van der Waals surface area contributed by atoms with Crippen molar-refractivity contribution in [1.82, 2.24) is 14.9 Å². The van der Waals surface area contributed by atoms with Crippen LogP contribution in [0.5, 0.6) is 11.5 Å². The zero-order chi connectivity index (χ0) is 23.9. The number of rotatable bonds is 10. The second kappa shape index (κ2) is 10.9. The molecule has 0 bridgehead atoms. The maximum Gasteiger partial charge on any atom is 0.255 e. The van der Waals surface area contributed by atoms with Crippen LogP contribution >= 0.6 is 0 Å². The third-order valence-electron chi connectivity index (χ3n) is 6.08. The molecule has 0 atom stereocenters. The van der Waals surface area contributed by atoms with Crippen LogP contribution in [0.4, 0.5) is 0 Å². The van der Waals surface area contributed by atoms with Crippen LogP contribution in [0.2, 0.25) is 0 Å². The molecule has 34 heavy (non-hydrogen) atoms. The summed E-state index contributed by atoms with van der Waals surface area (Å²) < 4.78 is 13.5. The Balaban J connectivity index is 1.40. The number of aromatic nitrogens is 2. The zero-order valence-electron chi connectivity index (χ0n) is 20.0. The Bertz CT molecular complexity index is 1280. The fourth-order valence-electron chi connectivity index (χ4n) is 4.03. The number of unbranched alkanes of at least 4 members (excludes halogenated alkanes) is 1. The van der Waals surface area contributed by atoms with Crippen LogP contribution in [0.3, 0.4) is 0 Å². The summed E-state index contributed by atoms with van der Waals surface area (Å²) in [7, 11) is 1.57. The Morgan fingerprint density at radius 3 is 2.56 bits per heavy atom. The van der Waals surface area contributed by atoms with Crippen molar-refractivity contribution in [3.05, 3.63) is 89.2 Å². The third kappa shape index (κ3) is 5.22. The van der Waals surface area contributed by atoms with Crippen molar-refractivity contribution in [3.8, 4) is 11.5 Å². The predicted molar refractivity (Wildman–Crippen MR) is 135 cm³/mol. The largest absolute Gasteiger partial charge is 0.496 e. The second-order valence-corrected chi connectivity index (χ2v) is 8.30. The number of aryl methyl sites for hydroxylation is 2. The van der Waals surface area contributed by atoms with Gasteiger partial charge in [-0.15, -0.1) is 0 Å². The number of fused-ring (bicyclic) bond motifs is 1. The fourth-order valence-corrected chi connectivity index (χ4v) is 4.03. The van der Waals surface area contributed by atoms with Gasteiger partial charge in [0.2, 0.25) is 0 Å². The maximum absolute atomic E-state index is 12.8. The molecule has 1 heterocycles. The van der Waals surface area contributed by atoms with Gasteiger partial charge in [-0.3, -0.25) is 4.79 Å². The van der Waals surface area contributed by atoms with E-state index in [1.165, 1.54) is 11.1 Å². The topological polar surface area (TPSA) is 65.4 Å². The van der Waals surface area contributed by atoms with Crippen LogP contribution in [0.25, 0.3) is 11.0 Å². The number of para-hydroxylation sites is 3. The van der Waals surface area contributed by atoms with Crippen LogP contribution in [0.15, 0.2) is 66.7 Å². The lowest BCUT2D eigenvalue weighted by Crippen LogP contribution is -2.25. The van der Waals surface area contributed by atoms with Crippen LogP contribution < -0.4 is 14.8 Å². The summed E-state index contributed by atoms with van der Waals surface area (Å²) in [6.45, 7) is 5.99. The summed E-state index contributed by atoms with van der Waals surface area (Å²) in [5, 5.41) is 3.00. The quantitative estimate of drug-likeness (QED) is 0.322. The number of hydrogen-bond donors (Lipinski definition) is 1. The molecule has 6 heteroatoms. The predicted octanol–water partition coefficient (Wildman–Crippen LogP) is 5.45. The molecule has 4 rings (SSSR count). The average molecular weight is 458 g/mol. The number of imidazole rings is 1. The summed E-state index contributed by atoms with van der Waals surface area (Å²) in [5.41, 5.74) is 4.93. The molecule has 1 amide bonds. The van der Waals surface area contributed by atoms with Crippen molar-refractivity contribution in [2.75, 3.05) is 13.7 Å². The van der Waals surface area contributed by atoms with Crippen LogP contribution in [0.1, 0.15) is 40.2 Å². The van der Waals surface area contributed by atoms with E-state index in [9.17, 15) is 4.79 Å². The third-order valence-corrected chi connectivity index (χ3v) is 6.08. The summed E-state index contributed by atoms with van der Waals surface area (Å²) in [4.78, 5) is 17.5. The van der Waals surface area contributed by atoms with Gasteiger partial charge in [0.1, 0.15) is 17.3 Å². The van der Waals surface area contributed by atoms with Crippen molar-refractivity contribution in [2.45, 2.75) is 39.8 Å². The zero-order valence-corrected chi connectivity index (χ0v) is 20.0. The molecular weight excluding hydrogens is 426 g/mol. The van der Waals surface area contributed by atoms with Crippen molar-refractivity contribution >= 4 is 16.9 Å². The Morgan fingerprint density at radius 1 is 0.941 bits per heavy atom. The second-order valence-electron chi connectivity index (χ2n) is 8.30. The molecule has 1 aromatic heterocycles. The van der Waals surface area contributed by atoms with Gasteiger partial charge in [0.15, 0.2) is 0 Å². The van der Waals surface area contributed by atoms with Crippen molar-refractivity contribution in [3.63, 3.8) is 0 Å². The molecule has 0 aliphatic rings. The smallest absolute Gasteiger partial charge is 0.255 e. The molecule has 176 valence electrons. The van der Waals surface area contributed by atoms with Gasteiger partial charge in [0.05, 0.1) is 36.9 Å². The van der Waals surface area contributed by atoms with E-state index in [2.05, 4.69) is 35.9 Å². The molecule has 0 aliphatic heterocycles. The first-order valence-electron chi connectivity index (χ1n) is 11.6. The SMILES string of the molecule is COc1ccccc1C(=O)NCc1nc2ccccc2n1CCCCOc1cccc(C)c1C. The number of methoxy groups -OCH3 is 1. The number of nitrogens with one attached hydrogen (secondary N) is 1. The van der Waals surface area contributed by atoms with Crippen molar-refractivity contribution in [2.24, 2.45) is 0 Å².